The number of aliphatic hydroxyl groups is 1. The molecule has 0 spiro atoms. The van der Waals surface area contributed by atoms with Gasteiger partial charge in [-0.15, -0.1) is 0 Å². The Hall–Kier alpha value is -1.42. The number of amides is 1. The largest absolute Gasteiger partial charge is 0.389 e. The second kappa shape index (κ2) is 4.61. The standard InChI is InChI=1S/C12H18N2O2/c1-8(15)9-6-5-7-13-10(9)14-11(16)12(2,3)4/h5-8,15H,1-4H3,(H,13,14,16). The van der Waals surface area contributed by atoms with Crippen molar-refractivity contribution in [1.82, 2.24) is 4.98 Å². The van der Waals surface area contributed by atoms with Crippen LogP contribution in [-0.4, -0.2) is 16.0 Å². The van der Waals surface area contributed by atoms with Gasteiger partial charge in [-0.3, -0.25) is 4.79 Å². The normalized spacial score (nSPS) is 13.3. The molecule has 1 rings (SSSR count). The molecule has 0 saturated carbocycles. The molecular weight excluding hydrogens is 204 g/mol. The lowest BCUT2D eigenvalue weighted by molar-refractivity contribution is -0.123. The van der Waals surface area contributed by atoms with Crippen LogP contribution < -0.4 is 5.32 Å². The minimum absolute atomic E-state index is 0.117. The molecular formula is C12H18N2O2. The molecule has 4 nitrogen and oxygen atoms in total. The van der Waals surface area contributed by atoms with E-state index >= 15 is 0 Å². The van der Waals surface area contributed by atoms with Gasteiger partial charge in [0.05, 0.1) is 6.10 Å². The average molecular weight is 222 g/mol. The maximum atomic E-state index is 11.8. The molecule has 0 saturated heterocycles. The third-order valence-corrected chi connectivity index (χ3v) is 2.20. The van der Waals surface area contributed by atoms with Crippen LogP contribution in [0, 0.1) is 5.41 Å². The topological polar surface area (TPSA) is 62.2 Å². The monoisotopic (exact) mass is 222 g/mol. The lowest BCUT2D eigenvalue weighted by Crippen LogP contribution is -2.28. The van der Waals surface area contributed by atoms with Crippen LogP contribution >= 0.6 is 0 Å². The summed E-state index contributed by atoms with van der Waals surface area (Å²) in [7, 11) is 0. The van der Waals surface area contributed by atoms with Gasteiger partial charge in [-0.25, -0.2) is 4.98 Å². The molecule has 0 aliphatic carbocycles. The molecule has 1 atom stereocenters. The highest BCUT2D eigenvalue weighted by atomic mass is 16.3. The first-order valence-corrected chi connectivity index (χ1v) is 5.27. The van der Waals surface area contributed by atoms with E-state index in [4.69, 9.17) is 0 Å². The molecule has 4 heteroatoms. The Morgan fingerprint density at radius 3 is 2.62 bits per heavy atom. The number of anilines is 1. The summed E-state index contributed by atoms with van der Waals surface area (Å²) >= 11 is 0. The van der Waals surface area contributed by atoms with Crippen LogP contribution in [0.3, 0.4) is 0 Å². The van der Waals surface area contributed by atoms with Crippen molar-refractivity contribution in [3.05, 3.63) is 23.9 Å². The second-order valence-electron chi connectivity index (χ2n) is 4.82. The van der Waals surface area contributed by atoms with E-state index < -0.39 is 11.5 Å². The summed E-state index contributed by atoms with van der Waals surface area (Å²) in [4.78, 5) is 15.8. The van der Waals surface area contributed by atoms with Crippen molar-refractivity contribution in [3.8, 4) is 0 Å². The van der Waals surface area contributed by atoms with Crippen molar-refractivity contribution in [1.29, 1.82) is 0 Å². The Kier molecular flexibility index (Phi) is 3.65. The summed E-state index contributed by atoms with van der Waals surface area (Å²) in [6, 6.07) is 3.48. The molecule has 1 aromatic heterocycles. The van der Waals surface area contributed by atoms with Crippen molar-refractivity contribution in [3.63, 3.8) is 0 Å². The predicted molar refractivity (Wildman–Crippen MR) is 63.0 cm³/mol. The number of pyridine rings is 1. The summed E-state index contributed by atoms with van der Waals surface area (Å²) < 4.78 is 0. The summed E-state index contributed by atoms with van der Waals surface area (Å²) in [6.45, 7) is 7.12. The molecule has 0 aromatic carbocycles. The molecule has 0 aliphatic heterocycles. The van der Waals surface area contributed by atoms with Crippen molar-refractivity contribution < 1.29 is 9.90 Å². The van der Waals surface area contributed by atoms with E-state index in [0.29, 0.717) is 11.4 Å². The van der Waals surface area contributed by atoms with Crippen molar-refractivity contribution >= 4 is 11.7 Å². The van der Waals surface area contributed by atoms with E-state index in [2.05, 4.69) is 10.3 Å². The number of aliphatic hydroxyl groups excluding tert-OH is 1. The molecule has 1 heterocycles. The Bertz CT molecular complexity index is 381. The van der Waals surface area contributed by atoms with Crippen LogP contribution in [0.25, 0.3) is 0 Å². The van der Waals surface area contributed by atoms with Crippen molar-refractivity contribution in [2.75, 3.05) is 5.32 Å². The van der Waals surface area contributed by atoms with E-state index in [9.17, 15) is 9.90 Å². The van der Waals surface area contributed by atoms with Crippen LogP contribution in [-0.2, 0) is 4.79 Å². The van der Waals surface area contributed by atoms with Crippen molar-refractivity contribution in [2.45, 2.75) is 33.8 Å². The summed E-state index contributed by atoms with van der Waals surface area (Å²) in [5.74, 6) is 0.311. The van der Waals surface area contributed by atoms with E-state index in [-0.39, 0.29) is 5.91 Å². The van der Waals surface area contributed by atoms with Crippen LogP contribution in [0.5, 0.6) is 0 Å². The Balaban J connectivity index is 2.94. The van der Waals surface area contributed by atoms with Gasteiger partial charge in [0.2, 0.25) is 5.91 Å². The number of rotatable bonds is 2. The van der Waals surface area contributed by atoms with Gasteiger partial charge >= 0.3 is 0 Å². The third kappa shape index (κ3) is 3.03. The minimum atomic E-state index is -0.649. The molecule has 0 radical (unpaired) electrons. The first-order valence-electron chi connectivity index (χ1n) is 5.27. The van der Waals surface area contributed by atoms with Crippen LogP contribution in [0.1, 0.15) is 39.4 Å². The van der Waals surface area contributed by atoms with Gasteiger partial charge in [-0.1, -0.05) is 26.8 Å². The number of hydrogen-bond donors (Lipinski definition) is 2. The average Bonchev–Trinajstić information content (AvgIpc) is 2.16. The zero-order valence-electron chi connectivity index (χ0n) is 10.1. The summed E-state index contributed by atoms with van der Waals surface area (Å²) in [6.07, 6.45) is 0.938. The molecule has 16 heavy (non-hydrogen) atoms. The van der Waals surface area contributed by atoms with E-state index in [1.807, 2.05) is 20.8 Å². The number of aromatic nitrogens is 1. The first kappa shape index (κ1) is 12.6. The Labute approximate surface area is 95.7 Å². The highest BCUT2D eigenvalue weighted by molar-refractivity contribution is 5.94. The minimum Gasteiger partial charge on any atom is -0.389 e. The fourth-order valence-corrected chi connectivity index (χ4v) is 1.15. The fraction of sp³-hybridized carbons (Fsp3) is 0.500. The quantitative estimate of drug-likeness (QED) is 0.805. The van der Waals surface area contributed by atoms with Crippen LogP contribution in [0.15, 0.2) is 18.3 Å². The van der Waals surface area contributed by atoms with Gasteiger partial charge in [-0.2, -0.15) is 0 Å². The zero-order chi connectivity index (χ0) is 12.3. The van der Waals surface area contributed by atoms with Gasteiger partial charge in [0, 0.05) is 17.2 Å². The predicted octanol–water partition coefficient (Wildman–Crippen LogP) is 2.12. The number of hydrogen-bond acceptors (Lipinski definition) is 3. The number of nitrogens with zero attached hydrogens (tertiary/aromatic N) is 1. The van der Waals surface area contributed by atoms with Gasteiger partial charge in [0.25, 0.3) is 0 Å². The first-order chi connectivity index (χ1) is 7.32. The number of carbonyl (C=O) groups excluding carboxylic acids is 1. The Morgan fingerprint density at radius 2 is 2.12 bits per heavy atom. The zero-order valence-corrected chi connectivity index (χ0v) is 10.1. The smallest absolute Gasteiger partial charge is 0.230 e. The second-order valence-corrected chi connectivity index (χ2v) is 4.82. The lowest BCUT2D eigenvalue weighted by Gasteiger charge is -2.19. The van der Waals surface area contributed by atoms with Crippen LogP contribution in [0.2, 0.25) is 0 Å². The van der Waals surface area contributed by atoms with Crippen LogP contribution in [0.4, 0.5) is 5.82 Å². The van der Waals surface area contributed by atoms with Crippen molar-refractivity contribution in [2.24, 2.45) is 5.41 Å². The van der Waals surface area contributed by atoms with Gasteiger partial charge < -0.3 is 10.4 Å². The lowest BCUT2D eigenvalue weighted by atomic mass is 9.95. The highest BCUT2D eigenvalue weighted by Crippen LogP contribution is 2.22. The molecule has 0 fully saturated rings. The number of nitrogens with one attached hydrogen (secondary N) is 1. The maximum absolute atomic E-state index is 11.8. The number of carbonyl (C=O) groups is 1. The SMILES string of the molecule is CC(O)c1cccnc1NC(=O)C(C)(C)C. The van der Waals surface area contributed by atoms with Gasteiger partial charge in [0.1, 0.15) is 5.82 Å². The molecule has 2 N–H and O–H groups in total. The third-order valence-electron chi connectivity index (χ3n) is 2.20. The fourth-order valence-electron chi connectivity index (χ4n) is 1.15. The van der Waals surface area contributed by atoms with E-state index in [0.717, 1.165) is 0 Å². The van der Waals surface area contributed by atoms with Gasteiger partial charge in [0.15, 0.2) is 0 Å². The molecule has 0 aliphatic rings. The molecule has 1 unspecified atom stereocenters. The van der Waals surface area contributed by atoms with E-state index in [1.165, 1.54) is 0 Å². The summed E-state index contributed by atoms with van der Waals surface area (Å²) in [5, 5.41) is 12.3. The molecule has 1 amide bonds. The molecule has 1 aromatic rings. The van der Waals surface area contributed by atoms with Gasteiger partial charge in [-0.05, 0) is 13.0 Å². The molecule has 88 valence electrons. The summed E-state index contributed by atoms with van der Waals surface area (Å²) in [5.41, 5.74) is 0.146. The Morgan fingerprint density at radius 1 is 1.50 bits per heavy atom. The maximum Gasteiger partial charge on any atom is 0.230 e. The highest BCUT2D eigenvalue weighted by Gasteiger charge is 2.22. The van der Waals surface area contributed by atoms with E-state index in [1.54, 1.807) is 25.3 Å². The molecule has 0 bridgehead atoms.